The number of amides is 1. The lowest BCUT2D eigenvalue weighted by Crippen LogP contribution is -2.39. The van der Waals surface area contributed by atoms with Gasteiger partial charge in [0.05, 0.1) is 0 Å². The Morgan fingerprint density at radius 1 is 1.79 bits per heavy atom. The van der Waals surface area contributed by atoms with Crippen LogP contribution in [0.1, 0.15) is 39.5 Å². The van der Waals surface area contributed by atoms with Gasteiger partial charge in [-0.3, -0.25) is 0 Å². The number of rotatable bonds is 2. The van der Waals surface area contributed by atoms with Gasteiger partial charge >= 0.3 is 6.09 Å². The van der Waals surface area contributed by atoms with Crippen LogP contribution >= 0.6 is 0 Å². The van der Waals surface area contributed by atoms with Crippen molar-refractivity contribution < 1.29 is 9.53 Å². The molecule has 3 nitrogen and oxygen atoms in total. The van der Waals surface area contributed by atoms with E-state index in [0.717, 1.165) is 31.3 Å². The van der Waals surface area contributed by atoms with Crippen molar-refractivity contribution in [3.05, 3.63) is 12.2 Å². The van der Waals surface area contributed by atoms with Crippen molar-refractivity contribution in [2.24, 2.45) is 11.7 Å². The molecule has 0 spiro atoms. The Morgan fingerprint density at radius 3 is 2.93 bits per heavy atom. The summed E-state index contributed by atoms with van der Waals surface area (Å²) in [5, 5.41) is 0. The Morgan fingerprint density at radius 2 is 2.43 bits per heavy atom. The summed E-state index contributed by atoms with van der Waals surface area (Å²) in [6, 6.07) is 0. The highest BCUT2D eigenvalue weighted by Gasteiger charge is 2.35. The molecule has 1 fully saturated rings. The molecule has 0 aromatic heterocycles. The van der Waals surface area contributed by atoms with Crippen molar-refractivity contribution in [1.82, 2.24) is 0 Å². The Hall–Kier alpha value is -0.990. The molecular formula is C11H19NO2. The van der Waals surface area contributed by atoms with Crippen LogP contribution in [-0.4, -0.2) is 11.7 Å². The zero-order valence-electron chi connectivity index (χ0n) is 9.01. The van der Waals surface area contributed by atoms with Crippen molar-refractivity contribution in [3.8, 4) is 0 Å². The van der Waals surface area contributed by atoms with Crippen LogP contribution in [0.2, 0.25) is 0 Å². The molecule has 0 aliphatic heterocycles. The maximum Gasteiger partial charge on any atom is 0.405 e. The van der Waals surface area contributed by atoms with Crippen LogP contribution in [-0.2, 0) is 4.74 Å². The topological polar surface area (TPSA) is 52.3 Å². The second-order valence-corrected chi connectivity index (χ2v) is 4.48. The summed E-state index contributed by atoms with van der Waals surface area (Å²) in [7, 11) is 0. The first-order valence-corrected chi connectivity index (χ1v) is 5.10. The van der Waals surface area contributed by atoms with E-state index in [4.69, 9.17) is 10.5 Å². The van der Waals surface area contributed by atoms with Gasteiger partial charge in [-0.1, -0.05) is 25.5 Å². The van der Waals surface area contributed by atoms with Gasteiger partial charge in [-0.25, -0.2) is 4.79 Å². The fourth-order valence-electron chi connectivity index (χ4n) is 2.37. The van der Waals surface area contributed by atoms with Crippen LogP contribution in [0.25, 0.3) is 0 Å². The number of nitrogens with two attached hydrogens (primary N) is 1. The third-order valence-corrected chi connectivity index (χ3v) is 2.85. The third kappa shape index (κ3) is 2.76. The lowest BCUT2D eigenvalue weighted by molar-refractivity contribution is 0.000492. The molecule has 0 bridgehead atoms. The van der Waals surface area contributed by atoms with Crippen molar-refractivity contribution in [2.45, 2.75) is 45.1 Å². The molecule has 1 aliphatic rings. The third-order valence-electron chi connectivity index (χ3n) is 2.85. The monoisotopic (exact) mass is 197 g/mol. The van der Waals surface area contributed by atoms with E-state index < -0.39 is 11.7 Å². The van der Waals surface area contributed by atoms with E-state index >= 15 is 0 Å². The lowest BCUT2D eigenvalue weighted by Gasteiger charge is -2.38. The molecule has 2 unspecified atom stereocenters. The maximum atomic E-state index is 10.7. The molecule has 14 heavy (non-hydrogen) atoms. The van der Waals surface area contributed by atoms with Gasteiger partial charge in [-0.15, -0.1) is 0 Å². The van der Waals surface area contributed by atoms with Gasteiger partial charge < -0.3 is 10.5 Å². The molecule has 1 aliphatic carbocycles. The van der Waals surface area contributed by atoms with Crippen LogP contribution in [0.3, 0.4) is 0 Å². The van der Waals surface area contributed by atoms with Crippen molar-refractivity contribution >= 4 is 6.09 Å². The van der Waals surface area contributed by atoms with Crippen LogP contribution in [0, 0.1) is 5.92 Å². The van der Waals surface area contributed by atoms with Crippen LogP contribution in [0.5, 0.6) is 0 Å². The van der Waals surface area contributed by atoms with E-state index in [-0.39, 0.29) is 0 Å². The normalized spacial score (nSPS) is 32.7. The fourth-order valence-corrected chi connectivity index (χ4v) is 2.37. The van der Waals surface area contributed by atoms with Crippen LogP contribution in [0.15, 0.2) is 12.2 Å². The maximum absolute atomic E-state index is 10.7. The van der Waals surface area contributed by atoms with Gasteiger partial charge in [0.15, 0.2) is 0 Å². The lowest BCUT2D eigenvalue weighted by atomic mass is 9.76. The van der Waals surface area contributed by atoms with Gasteiger partial charge in [0.25, 0.3) is 0 Å². The minimum atomic E-state index is -0.683. The molecule has 1 rings (SSSR count). The second kappa shape index (κ2) is 4.03. The first-order valence-electron chi connectivity index (χ1n) is 5.10. The number of hydrogen-bond acceptors (Lipinski definition) is 2. The first kappa shape index (κ1) is 11.1. The van der Waals surface area contributed by atoms with Crippen molar-refractivity contribution in [1.29, 1.82) is 0 Å². The number of carbonyl (C=O) groups is 1. The van der Waals surface area contributed by atoms with Crippen molar-refractivity contribution in [3.63, 3.8) is 0 Å². The molecule has 0 aromatic carbocycles. The van der Waals surface area contributed by atoms with E-state index in [1.54, 1.807) is 0 Å². The van der Waals surface area contributed by atoms with Gasteiger partial charge in [-0.05, 0) is 25.7 Å². The average Bonchev–Trinajstić information content (AvgIpc) is 1.99. The molecule has 0 aromatic rings. The molecule has 2 N–H and O–H groups in total. The molecule has 1 amide bonds. The van der Waals surface area contributed by atoms with E-state index in [1.807, 2.05) is 6.92 Å². The second-order valence-electron chi connectivity index (χ2n) is 4.48. The minimum absolute atomic E-state index is 0.429. The summed E-state index contributed by atoms with van der Waals surface area (Å²) in [6.07, 6.45) is 3.10. The molecule has 0 heterocycles. The highest BCUT2D eigenvalue weighted by atomic mass is 16.6. The predicted octanol–water partition coefficient (Wildman–Crippen LogP) is 2.61. The highest BCUT2D eigenvalue weighted by molar-refractivity contribution is 5.65. The molecule has 3 heteroatoms. The fraction of sp³-hybridized carbons (Fsp3) is 0.727. The van der Waals surface area contributed by atoms with E-state index in [1.165, 1.54) is 0 Å². The number of hydrogen-bond donors (Lipinski definition) is 1. The number of carbonyl (C=O) groups excluding carboxylic acids is 1. The predicted molar refractivity (Wildman–Crippen MR) is 55.8 cm³/mol. The van der Waals surface area contributed by atoms with E-state index in [9.17, 15) is 4.79 Å². The van der Waals surface area contributed by atoms with Gasteiger partial charge in [-0.2, -0.15) is 0 Å². The Labute approximate surface area is 85.3 Å². The Bertz CT molecular complexity index is 246. The van der Waals surface area contributed by atoms with Crippen LogP contribution in [0.4, 0.5) is 4.79 Å². The first-order chi connectivity index (χ1) is 6.45. The summed E-state index contributed by atoms with van der Waals surface area (Å²) in [4.78, 5) is 10.7. The molecule has 80 valence electrons. The zero-order chi connectivity index (χ0) is 10.8. The molecule has 1 saturated carbocycles. The smallest absolute Gasteiger partial charge is 0.405 e. The van der Waals surface area contributed by atoms with Gasteiger partial charge in [0.1, 0.15) is 5.60 Å². The molecule has 2 atom stereocenters. The minimum Gasteiger partial charge on any atom is -0.443 e. The summed E-state index contributed by atoms with van der Waals surface area (Å²) in [6.45, 7) is 8.07. The Kier molecular flexibility index (Phi) is 3.19. The quantitative estimate of drug-likeness (QED) is 0.692. The summed E-state index contributed by atoms with van der Waals surface area (Å²) < 4.78 is 5.16. The average molecular weight is 197 g/mol. The van der Waals surface area contributed by atoms with Crippen molar-refractivity contribution in [2.75, 3.05) is 0 Å². The summed E-state index contributed by atoms with van der Waals surface area (Å²) in [5.74, 6) is 0.570. The standard InChI is InChI=1S/C11H19NO2/c1-4-9-5-8(2)6-11(3,7-9)14-10(12)13/h9H,2,4-7H2,1,3H3,(H2,12,13). The van der Waals surface area contributed by atoms with Gasteiger partial charge in [0, 0.05) is 6.42 Å². The zero-order valence-corrected chi connectivity index (χ0v) is 9.01. The molecule has 0 radical (unpaired) electrons. The number of ether oxygens (including phenoxy) is 1. The molecular weight excluding hydrogens is 178 g/mol. The van der Waals surface area contributed by atoms with Crippen LogP contribution < -0.4 is 5.73 Å². The van der Waals surface area contributed by atoms with E-state index in [0.29, 0.717) is 5.92 Å². The number of primary amides is 1. The summed E-state index contributed by atoms with van der Waals surface area (Å²) >= 11 is 0. The van der Waals surface area contributed by atoms with Gasteiger partial charge in [0.2, 0.25) is 0 Å². The Balaban J connectivity index is 2.67. The van der Waals surface area contributed by atoms with E-state index in [2.05, 4.69) is 13.5 Å². The largest absolute Gasteiger partial charge is 0.443 e. The SMILES string of the molecule is C=C1CC(CC)CC(C)(OC(N)=O)C1. The highest BCUT2D eigenvalue weighted by Crippen LogP contribution is 2.38. The summed E-state index contributed by atoms with van der Waals surface area (Å²) in [5.41, 5.74) is 5.78. The molecule has 0 saturated heterocycles.